The maximum Gasteiger partial charge on any atom is 0.273 e. The molecule has 0 saturated heterocycles. The van der Waals surface area contributed by atoms with Gasteiger partial charge in [-0.05, 0) is 43.5 Å². The summed E-state index contributed by atoms with van der Waals surface area (Å²) in [6, 6.07) is 26.5. The Balaban J connectivity index is 1.62. The second-order valence-corrected chi connectivity index (χ2v) is 8.74. The SMILES string of the molecule is CCOc1cccc(C2c3c(-c4ccc(C)cc4)nn(C)c3C(=O)N2CCc2ccccc2)c1. The Morgan fingerprint density at radius 3 is 2.47 bits per heavy atom. The van der Waals surface area contributed by atoms with Crippen LogP contribution in [0.5, 0.6) is 5.75 Å². The van der Waals surface area contributed by atoms with Gasteiger partial charge in [0.1, 0.15) is 11.4 Å². The molecule has 1 aliphatic heterocycles. The third kappa shape index (κ3) is 3.98. The second kappa shape index (κ2) is 9.18. The summed E-state index contributed by atoms with van der Waals surface area (Å²) in [5.41, 5.74) is 6.95. The van der Waals surface area contributed by atoms with Crippen molar-refractivity contribution >= 4 is 5.91 Å². The van der Waals surface area contributed by atoms with Gasteiger partial charge in [0.25, 0.3) is 5.91 Å². The third-order valence-electron chi connectivity index (χ3n) is 6.43. The Bertz CT molecular complexity index is 1310. The Labute approximate surface area is 200 Å². The summed E-state index contributed by atoms with van der Waals surface area (Å²) in [6.45, 7) is 5.27. The van der Waals surface area contributed by atoms with Gasteiger partial charge < -0.3 is 9.64 Å². The molecule has 0 fully saturated rings. The minimum atomic E-state index is -0.225. The Kier molecular flexibility index (Phi) is 5.93. The maximum atomic E-state index is 13.8. The molecule has 3 aromatic carbocycles. The molecule has 0 N–H and O–H groups in total. The van der Waals surface area contributed by atoms with Crippen LogP contribution in [0.25, 0.3) is 11.3 Å². The first-order valence-electron chi connectivity index (χ1n) is 11.8. The number of hydrogen-bond donors (Lipinski definition) is 0. The second-order valence-electron chi connectivity index (χ2n) is 8.74. The lowest BCUT2D eigenvalue weighted by Gasteiger charge is -2.27. The smallest absolute Gasteiger partial charge is 0.273 e. The van der Waals surface area contributed by atoms with Gasteiger partial charge in [-0.2, -0.15) is 5.10 Å². The van der Waals surface area contributed by atoms with E-state index in [1.165, 1.54) is 11.1 Å². The lowest BCUT2D eigenvalue weighted by atomic mass is 9.95. The fourth-order valence-corrected chi connectivity index (χ4v) is 4.80. The standard InChI is InChI=1S/C29H29N3O2/c1-4-34-24-12-8-11-23(19-24)27-25-26(22-15-13-20(2)14-16-22)30-31(3)28(25)29(33)32(27)18-17-21-9-6-5-7-10-21/h5-16,19,27H,4,17-18H2,1-3H3. The van der Waals surface area contributed by atoms with E-state index in [-0.39, 0.29) is 11.9 Å². The zero-order valence-electron chi connectivity index (χ0n) is 19.9. The first kappa shape index (κ1) is 22.0. The maximum absolute atomic E-state index is 13.8. The molecule has 4 aromatic rings. The summed E-state index contributed by atoms with van der Waals surface area (Å²) in [5, 5.41) is 4.81. The van der Waals surface area contributed by atoms with Crippen LogP contribution in [-0.2, 0) is 13.5 Å². The van der Waals surface area contributed by atoms with E-state index in [2.05, 4.69) is 55.5 Å². The Morgan fingerprint density at radius 1 is 0.971 bits per heavy atom. The summed E-state index contributed by atoms with van der Waals surface area (Å²) in [5.74, 6) is 0.829. The molecule has 1 aliphatic rings. The van der Waals surface area contributed by atoms with Crippen molar-refractivity contribution in [2.24, 2.45) is 7.05 Å². The van der Waals surface area contributed by atoms with E-state index >= 15 is 0 Å². The van der Waals surface area contributed by atoms with Gasteiger partial charge in [0.15, 0.2) is 0 Å². The highest BCUT2D eigenvalue weighted by Gasteiger charge is 2.43. The molecule has 5 heteroatoms. The van der Waals surface area contributed by atoms with E-state index in [1.54, 1.807) is 4.68 Å². The molecular weight excluding hydrogens is 422 g/mol. The van der Waals surface area contributed by atoms with Crippen molar-refractivity contribution < 1.29 is 9.53 Å². The van der Waals surface area contributed by atoms with Crippen LogP contribution in [0.2, 0.25) is 0 Å². The van der Waals surface area contributed by atoms with Crippen molar-refractivity contribution in [1.82, 2.24) is 14.7 Å². The summed E-state index contributed by atoms with van der Waals surface area (Å²) in [4.78, 5) is 15.8. The number of amides is 1. The first-order chi connectivity index (χ1) is 16.6. The zero-order valence-corrected chi connectivity index (χ0v) is 19.9. The van der Waals surface area contributed by atoms with E-state index in [9.17, 15) is 4.79 Å². The van der Waals surface area contributed by atoms with Gasteiger partial charge in [0.05, 0.1) is 18.3 Å². The molecule has 0 radical (unpaired) electrons. The summed E-state index contributed by atoms with van der Waals surface area (Å²) < 4.78 is 7.54. The molecule has 1 atom stereocenters. The van der Waals surface area contributed by atoms with Crippen molar-refractivity contribution in [3.05, 3.63) is 107 Å². The van der Waals surface area contributed by atoms with Crippen LogP contribution >= 0.6 is 0 Å². The van der Waals surface area contributed by atoms with Crippen LogP contribution in [-0.4, -0.2) is 33.7 Å². The van der Waals surface area contributed by atoms with Gasteiger partial charge in [0, 0.05) is 24.7 Å². The fraction of sp³-hybridized carbons (Fsp3) is 0.241. The third-order valence-corrected chi connectivity index (χ3v) is 6.43. The average molecular weight is 452 g/mol. The Morgan fingerprint density at radius 2 is 1.74 bits per heavy atom. The molecular formula is C29H29N3O2. The molecule has 34 heavy (non-hydrogen) atoms. The number of aryl methyl sites for hydroxylation is 2. The molecule has 172 valence electrons. The minimum absolute atomic E-state index is 0.0195. The predicted octanol–water partition coefficient (Wildman–Crippen LogP) is 5.58. The van der Waals surface area contributed by atoms with Gasteiger partial charge in [-0.25, -0.2) is 0 Å². The topological polar surface area (TPSA) is 47.4 Å². The minimum Gasteiger partial charge on any atom is -0.494 e. The average Bonchev–Trinajstić information content (AvgIpc) is 3.34. The zero-order chi connectivity index (χ0) is 23.7. The van der Waals surface area contributed by atoms with Crippen LogP contribution in [0, 0.1) is 6.92 Å². The van der Waals surface area contributed by atoms with Crippen molar-refractivity contribution in [2.75, 3.05) is 13.2 Å². The molecule has 1 aromatic heterocycles. The number of carbonyl (C=O) groups excluding carboxylic acids is 1. The van der Waals surface area contributed by atoms with E-state index in [0.29, 0.717) is 18.8 Å². The number of benzene rings is 3. The number of hydrogen-bond acceptors (Lipinski definition) is 3. The summed E-state index contributed by atoms with van der Waals surface area (Å²) in [7, 11) is 1.86. The van der Waals surface area contributed by atoms with Gasteiger partial charge in [-0.15, -0.1) is 0 Å². The van der Waals surface area contributed by atoms with Crippen molar-refractivity contribution in [3.8, 4) is 17.0 Å². The van der Waals surface area contributed by atoms with Gasteiger partial charge >= 0.3 is 0 Å². The lowest BCUT2D eigenvalue weighted by molar-refractivity contribution is 0.0741. The molecule has 1 unspecified atom stereocenters. The van der Waals surface area contributed by atoms with Gasteiger partial charge in [-0.1, -0.05) is 72.3 Å². The van der Waals surface area contributed by atoms with Crippen LogP contribution in [0.3, 0.4) is 0 Å². The Hall–Kier alpha value is -3.86. The molecule has 0 saturated carbocycles. The number of rotatable bonds is 7. The van der Waals surface area contributed by atoms with E-state index < -0.39 is 0 Å². The fourth-order valence-electron chi connectivity index (χ4n) is 4.80. The molecule has 0 aliphatic carbocycles. The van der Waals surface area contributed by atoms with Crippen LogP contribution in [0.15, 0.2) is 78.9 Å². The molecule has 0 bridgehead atoms. The van der Waals surface area contributed by atoms with Crippen LogP contribution in [0.4, 0.5) is 0 Å². The van der Waals surface area contributed by atoms with Crippen LogP contribution < -0.4 is 4.74 Å². The largest absolute Gasteiger partial charge is 0.494 e. The first-order valence-corrected chi connectivity index (χ1v) is 11.8. The van der Waals surface area contributed by atoms with Crippen LogP contribution in [0.1, 0.15) is 45.7 Å². The predicted molar refractivity (Wildman–Crippen MR) is 134 cm³/mol. The number of ether oxygens (including phenoxy) is 1. The monoisotopic (exact) mass is 451 g/mol. The highest BCUT2D eigenvalue weighted by atomic mass is 16.5. The number of carbonyl (C=O) groups is 1. The van der Waals surface area contributed by atoms with E-state index in [0.717, 1.165) is 34.6 Å². The van der Waals surface area contributed by atoms with Gasteiger partial charge in [0.2, 0.25) is 0 Å². The summed E-state index contributed by atoms with van der Waals surface area (Å²) in [6.07, 6.45) is 0.787. The van der Waals surface area contributed by atoms with Crippen molar-refractivity contribution in [1.29, 1.82) is 0 Å². The molecule has 5 nitrogen and oxygen atoms in total. The highest BCUT2D eigenvalue weighted by molar-refractivity contribution is 6.00. The number of aromatic nitrogens is 2. The highest BCUT2D eigenvalue weighted by Crippen LogP contribution is 2.44. The lowest BCUT2D eigenvalue weighted by Crippen LogP contribution is -2.32. The quantitative estimate of drug-likeness (QED) is 0.368. The van der Waals surface area contributed by atoms with E-state index in [1.807, 2.05) is 49.2 Å². The van der Waals surface area contributed by atoms with Gasteiger partial charge in [-0.3, -0.25) is 9.48 Å². The van der Waals surface area contributed by atoms with Crippen molar-refractivity contribution in [3.63, 3.8) is 0 Å². The van der Waals surface area contributed by atoms with E-state index in [4.69, 9.17) is 9.84 Å². The molecule has 1 amide bonds. The van der Waals surface area contributed by atoms with Crippen molar-refractivity contribution in [2.45, 2.75) is 26.3 Å². The molecule has 5 rings (SSSR count). The molecule has 0 spiro atoms. The normalized spacial score (nSPS) is 15.0. The summed E-state index contributed by atoms with van der Waals surface area (Å²) >= 11 is 0. The number of nitrogens with zero attached hydrogens (tertiary/aromatic N) is 3. The number of fused-ring (bicyclic) bond motifs is 1. The molecule has 2 heterocycles.